The fourth-order valence-corrected chi connectivity index (χ4v) is 4.67. The van der Waals surface area contributed by atoms with E-state index in [0.717, 1.165) is 23.2 Å². The van der Waals surface area contributed by atoms with E-state index in [4.69, 9.17) is 44.3 Å². The van der Waals surface area contributed by atoms with E-state index in [2.05, 4.69) is 29.3 Å². The van der Waals surface area contributed by atoms with Crippen molar-refractivity contribution in [2.45, 2.75) is 26.2 Å². The van der Waals surface area contributed by atoms with Crippen molar-refractivity contribution in [2.75, 3.05) is 0 Å². The second-order valence-corrected chi connectivity index (χ2v) is 9.65. The summed E-state index contributed by atoms with van der Waals surface area (Å²) < 4.78 is 7.90. The molecule has 5 aromatic rings. The Morgan fingerprint density at radius 3 is 2.31 bits per heavy atom. The Morgan fingerprint density at radius 2 is 1.60 bits per heavy atom. The third-order valence-electron chi connectivity index (χ3n) is 5.83. The standard InChI is InChI=1S/C27H21Cl3N4O/c1-16(14-18-6-4-3-5-7-18)26-31-32-27(35-26)24-17(2)25(19-8-10-20(28)11-9-19)34(33-24)23-13-12-21(29)15-22(23)30/h3-13,15-16H,14H2,1-2H3. The average molecular weight is 524 g/mol. The number of rotatable bonds is 6. The maximum Gasteiger partial charge on any atom is 0.268 e. The molecule has 0 saturated carbocycles. The van der Waals surface area contributed by atoms with Crippen LogP contribution in [0.15, 0.2) is 77.2 Å². The van der Waals surface area contributed by atoms with Crippen LogP contribution in [0.1, 0.15) is 29.9 Å². The first kappa shape index (κ1) is 23.6. The largest absolute Gasteiger partial charge is 0.419 e. The highest BCUT2D eigenvalue weighted by Crippen LogP contribution is 2.36. The van der Waals surface area contributed by atoms with Gasteiger partial charge in [-0.15, -0.1) is 10.2 Å². The Kier molecular flexibility index (Phi) is 6.65. The van der Waals surface area contributed by atoms with Gasteiger partial charge in [0.2, 0.25) is 5.89 Å². The van der Waals surface area contributed by atoms with Crippen LogP contribution in [0.3, 0.4) is 0 Å². The Hall–Kier alpha value is -3.12. The van der Waals surface area contributed by atoms with Crippen LogP contribution in [0, 0.1) is 6.92 Å². The number of hydrogen-bond donors (Lipinski definition) is 0. The first-order chi connectivity index (χ1) is 16.9. The Balaban J connectivity index is 1.58. The summed E-state index contributed by atoms with van der Waals surface area (Å²) in [7, 11) is 0. The molecule has 2 heterocycles. The molecule has 1 atom stereocenters. The van der Waals surface area contributed by atoms with Crippen molar-refractivity contribution >= 4 is 34.8 Å². The normalized spacial score (nSPS) is 12.1. The van der Waals surface area contributed by atoms with Crippen molar-refractivity contribution in [3.8, 4) is 28.5 Å². The minimum atomic E-state index is 0.0579. The summed E-state index contributed by atoms with van der Waals surface area (Å²) in [4.78, 5) is 0. The quantitative estimate of drug-likeness (QED) is 0.225. The van der Waals surface area contributed by atoms with Crippen LogP contribution < -0.4 is 0 Å². The lowest BCUT2D eigenvalue weighted by molar-refractivity contribution is 0.464. The molecule has 176 valence electrons. The van der Waals surface area contributed by atoms with Crippen LogP contribution in [0.2, 0.25) is 15.1 Å². The van der Waals surface area contributed by atoms with E-state index in [1.165, 1.54) is 5.56 Å². The van der Waals surface area contributed by atoms with Crippen LogP contribution in [-0.2, 0) is 6.42 Å². The molecule has 0 aliphatic heterocycles. The monoisotopic (exact) mass is 522 g/mol. The lowest BCUT2D eigenvalue weighted by Crippen LogP contribution is -2.00. The van der Waals surface area contributed by atoms with Crippen molar-refractivity contribution in [3.63, 3.8) is 0 Å². The highest BCUT2D eigenvalue weighted by molar-refractivity contribution is 6.35. The highest BCUT2D eigenvalue weighted by Gasteiger charge is 2.24. The Labute approximate surface area is 218 Å². The molecular formula is C27H21Cl3N4O. The van der Waals surface area contributed by atoms with Crippen LogP contribution in [0.5, 0.6) is 0 Å². The van der Waals surface area contributed by atoms with Gasteiger partial charge in [0.05, 0.1) is 16.4 Å². The van der Waals surface area contributed by atoms with Crippen LogP contribution in [0.25, 0.3) is 28.5 Å². The number of benzene rings is 3. The molecule has 0 fully saturated rings. The van der Waals surface area contributed by atoms with Crippen molar-refractivity contribution < 1.29 is 4.42 Å². The molecule has 0 aliphatic carbocycles. The van der Waals surface area contributed by atoms with E-state index in [-0.39, 0.29) is 5.92 Å². The summed E-state index contributed by atoms with van der Waals surface area (Å²) in [5.74, 6) is 0.981. The Morgan fingerprint density at radius 1 is 0.886 bits per heavy atom. The summed E-state index contributed by atoms with van der Waals surface area (Å²) in [6.45, 7) is 4.05. The zero-order valence-electron chi connectivity index (χ0n) is 19.0. The van der Waals surface area contributed by atoms with Gasteiger partial charge in [0.25, 0.3) is 5.89 Å². The van der Waals surface area contributed by atoms with Gasteiger partial charge in [-0.05, 0) is 49.2 Å². The zero-order valence-corrected chi connectivity index (χ0v) is 21.3. The van der Waals surface area contributed by atoms with Crippen LogP contribution in [-0.4, -0.2) is 20.0 Å². The van der Waals surface area contributed by atoms with E-state index >= 15 is 0 Å². The molecule has 0 amide bonds. The molecule has 3 aromatic carbocycles. The molecule has 5 nitrogen and oxygen atoms in total. The molecule has 0 N–H and O–H groups in total. The third-order valence-corrected chi connectivity index (χ3v) is 6.62. The van der Waals surface area contributed by atoms with Crippen LogP contribution in [0.4, 0.5) is 0 Å². The highest BCUT2D eigenvalue weighted by atomic mass is 35.5. The molecule has 0 radical (unpaired) electrons. The minimum absolute atomic E-state index is 0.0579. The number of hydrogen-bond acceptors (Lipinski definition) is 4. The third kappa shape index (κ3) is 4.85. The van der Waals surface area contributed by atoms with Gasteiger partial charge in [-0.3, -0.25) is 0 Å². The Bertz CT molecular complexity index is 1480. The van der Waals surface area contributed by atoms with Gasteiger partial charge >= 0.3 is 0 Å². The molecular weight excluding hydrogens is 503 g/mol. The van der Waals surface area contributed by atoms with E-state index < -0.39 is 0 Å². The predicted molar refractivity (Wildman–Crippen MR) is 141 cm³/mol. The smallest absolute Gasteiger partial charge is 0.268 e. The predicted octanol–water partition coefficient (Wildman–Crippen LogP) is 8.20. The van der Waals surface area contributed by atoms with Gasteiger partial charge in [-0.1, -0.05) is 84.2 Å². The van der Waals surface area contributed by atoms with Crippen molar-refractivity contribution in [2.24, 2.45) is 0 Å². The van der Waals surface area contributed by atoms with Crippen molar-refractivity contribution in [3.05, 3.63) is 105 Å². The summed E-state index contributed by atoms with van der Waals surface area (Å²) in [5, 5.41) is 15.2. The average Bonchev–Trinajstić information content (AvgIpc) is 3.45. The number of halogens is 3. The summed E-state index contributed by atoms with van der Waals surface area (Å²) in [6, 6.07) is 23.1. The SMILES string of the molecule is Cc1c(-c2nnc(C(C)Cc3ccccc3)o2)nn(-c2ccc(Cl)cc2Cl)c1-c1ccc(Cl)cc1. The van der Waals surface area contributed by atoms with E-state index in [1.807, 2.05) is 55.5 Å². The topological polar surface area (TPSA) is 56.7 Å². The molecule has 35 heavy (non-hydrogen) atoms. The molecule has 0 bridgehead atoms. The van der Waals surface area contributed by atoms with Gasteiger partial charge in [0.15, 0.2) is 5.69 Å². The number of aromatic nitrogens is 4. The van der Waals surface area contributed by atoms with E-state index in [1.54, 1.807) is 16.8 Å². The second-order valence-electron chi connectivity index (χ2n) is 8.37. The maximum absolute atomic E-state index is 6.56. The summed E-state index contributed by atoms with van der Waals surface area (Å²) in [6.07, 6.45) is 0.798. The summed E-state index contributed by atoms with van der Waals surface area (Å²) in [5.41, 5.74) is 5.14. The fourth-order valence-electron chi connectivity index (χ4n) is 4.06. The lowest BCUT2D eigenvalue weighted by Gasteiger charge is -2.11. The lowest BCUT2D eigenvalue weighted by atomic mass is 10.0. The molecule has 0 spiro atoms. The van der Waals surface area contributed by atoms with E-state index in [0.29, 0.717) is 38.2 Å². The van der Waals surface area contributed by atoms with Gasteiger partial charge in [-0.25, -0.2) is 4.68 Å². The molecule has 5 rings (SSSR count). The number of nitrogens with zero attached hydrogens (tertiary/aromatic N) is 4. The van der Waals surface area contributed by atoms with E-state index in [9.17, 15) is 0 Å². The van der Waals surface area contributed by atoms with Crippen molar-refractivity contribution in [1.82, 2.24) is 20.0 Å². The maximum atomic E-state index is 6.56. The van der Waals surface area contributed by atoms with Gasteiger partial charge < -0.3 is 4.42 Å². The minimum Gasteiger partial charge on any atom is -0.419 e. The first-order valence-corrected chi connectivity index (χ1v) is 12.2. The van der Waals surface area contributed by atoms with Gasteiger partial charge in [0.1, 0.15) is 0 Å². The molecule has 0 aliphatic rings. The zero-order chi connectivity index (χ0) is 24.5. The van der Waals surface area contributed by atoms with Crippen LogP contribution >= 0.6 is 34.8 Å². The molecule has 1 unspecified atom stereocenters. The summed E-state index contributed by atoms with van der Waals surface area (Å²) >= 11 is 18.8. The first-order valence-electron chi connectivity index (χ1n) is 11.1. The van der Waals surface area contributed by atoms with Gasteiger partial charge in [-0.2, -0.15) is 5.10 Å². The second kappa shape index (κ2) is 9.86. The molecule has 8 heteroatoms. The van der Waals surface area contributed by atoms with Gasteiger partial charge in [0, 0.05) is 27.1 Å². The fraction of sp³-hybridized carbons (Fsp3) is 0.148. The van der Waals surface area contributed by atoms with Crippen molar-refractivity contribution in [1.29, 1.82) is 0 Å². The molecule has 0 saturated heterocycles. The molecule has 2 aromatic heterocycles.